The van der Waals surface area contributed by atoms with Gasteiger partial charge in [-0.3, -0.25) is 0 Å². The van der Waals surface area contributed by atoms with E-state index in [0.717, 1.165) is 17.5 Å². The maximum Gasteiger partial charge on any atom is 0.201 e. The molecule has 0 saturated heterocycles. The zero-order valence-corrected chi connectivity index (χ0v) is 10.4. The van der Waals surface area contributed by atoms with Crippen LogP contribution in [0.15, 0.2) is 18.2 Å². The molecule has 0 spiro atoms. The molecule has 3 nitrogen and oxygen atoms in total. The van der Waals surface area contributed by atoms with Crippen molar-refractivity contribution in [3.63, 3.8) is 0 Å². The van der Waals surface area contributed by atoms with Crippen molar-refractivity contribution in [1.82, 2.24) is 9.97 Å². The van der Waals surface area contributed by atoms with Crippen molar-refractivity contribution in [2.75, 3.05) is 5.32 Å². The lowest BCUT2D eigenvalue weighted by Gasteiger charge is -2.19. The van der Waals surface area contributed by atoms with Crippen LogP contribution in [0.5, 0.6) is 0 Å². The van der Waals surface area contributed by atoms with Crippen LogP contribution in [0.2, 0.25) is 0 Å². The van der Waals surface area contributed by atoms with Crippen molar-refractivity contribution < 1.29 is 4.39 Å². The Morgan fingerprint density at radius 3 is 2.82 bits per heavy atom. The van der Waals surface area contributed by atoms with E-state index in [0.29, 0.717) is 17.9 Å². The Morgan fingerprint density at radius 1 is 1.41 bits per heavy atom. The van der Waals surface area contributed by atoms with Crippen molar-refractivity contribution in [2.24, 2.45) is 5.92 Å². The number of fused-ring (bicyclic) bond motifs is 1. The fourth-order valence-electron chi connectivity index (χ4n) is 1.97. The number of H-pyrrole nitrogens is 1. The lowest BCUT2D eigenvalue weighted by Crippen LogP contribution is -2.25. The molecule has 0 saturated carbocycles. The van der Waals surface area contributed by atoms with Crippen molar-refractivity contribution in [2.45, 2.75) is 33.2 Å². The molecule has 0 aliphatic rings. The van der Waals surface area contributed by atoms with Crippen LogP contribution in [0.1, 0.15) is 27.2 Å². The van der Waals surface area contributed by atoms with Gasteiger partial charge in [-0.2, -0.15) is 0 Å². The van der Waals surface area contributed by atoms with Gasteiger partial charge in [0.1, 0.15) is 5.82 Å². The third kappa shape index (κ3) is 2.57. The van der Waals surface area contributed by atoms with Gasteiger partial charge in [-0.05, 0) is 30.5 Å². The van der Waals surface area contributed by atoms with Gasteiger partial charge in [0.25, 0.3) is 0 Å². The maximum absolute atomic E-state index is 13.0. The fourth-order valence-corrected chi connectivity index (χ4v) is 1.97. The first-order valence-corrected chi connectivity index (χ1v) is 6.02. The molecule has 0 fully saturated rings. The van der Waals surface area contributed by atoms with Crippen LogP contribution in [0.25, 0.3) is 11.0 Å². The molecule has 17 heavy (non-hydrogen) atoms. The van der Waals surface area contributed by atoms with E-state index in [4.69, 9.17) is 0 Å². The lowest BCUT2D eigenvalue weighted by molar-refractivity contribution is 0.509. The number of halogens is 1. The van der Waals surface area contributed by atoms with Crippen molar-refractivity contribution in [3.8, 4) is 0 Å². The largest absolute Gasteiger partial charge is 0.353 e. The summed E-state index contributed by atoms with van der Waals surface area (Å²) in [4.78, 5) is 7.48. The minimum absolute atomic E-state index is 0.247. The number of aromatic amines is 1. The summed E-state index contributed by atoms with van der Waals surface area (Å²) in [6, 6.07) is 4.94. The van der Waals surface area contributed by atoms with Crippen molar-refractivity contribution >= 4 is 17.0 Å². The highest BCUT2D eigenvalue weighted by atomic mass is 19.1. The first kappa shape index (κ1) is 11.9. The number of rotatable bonds is 4. The van der Waals surface area contributed by atoms with E-state index in [-0.39, 0.29) is 5.82 Å². The van der Waals surface area contributed by atoms with Gasteiger partial charge in [0.05, 0.1) is 11.0 Å². The SMILES string of the molecule is CCC(Nc1nc2ccc(F)cc2[nH]1)C(C)C. The summed E-state index contributed by atoms with van der Waals surface area (Å²) in [6.07, 6.45) is 1.03. The molecule has 0 aliphatic heterocycles. The van der Waals surface area contributed by atoms with Crippen LogP contribution in [0.4, 0.5) is 10.3 Å². The van der Waals surface area contributed by atoms with Gasteiger partial charge in [-0.1, -0.05) is 20.8 Å². The van der Waals surface area contributed by atoms with Crippen LogP contribution in [-0.4, -0.2) is 16.0 Å². The van der Waals surface area contributed by atoms with E-state index >= 15 is 0 Å². The number of benzene rings is 1. The van der Waals surface area contributed by atoms with E-state index in [1.165, 1.54) is 12.1 Å². The Hall–Kier alpha value is -1.58. The topological polar surface area (TPSA) is 40.7 Å². The Kier molecular flexibility index (Phi) is 3.31. The van der Waals surface area contributed by atoms with E-state index in [1.807, 2.05) is 0 Å². The normalized spacial score (nSPS) is 13.2. The quantitative estimate of drug-likeness (QED) is 0.850. The highest BCUT2D eigenvalue weighted by Crippen LogP contribution is 2.18. The predicted octanol–water partition coefficient (Wildman–Crippen LogP) is 3.55. The molecule has 0 radical (unpaired) electrons. The molecule has 0 aliphatic carbocycles. The van der Waals surface area contributed by atoms with Gasteiger partial charge in [-0.15, -0.1) is 0 Å². The van der Waals surface area contributed by atoms with Crippen LogP contribution in [-0.2, 0) is 0 Å². The van der Waals surface area contributed by atoms with E-state index in [2.05, 4.69) is 36.1 Å². The smallest absolute Gasteiger partial charge is 0.201 e. The first-order chi connectivity index (χ1) is 8.10. The fraction of sp³-hybridized carbons (Fsp3) is 0.462. The molecule has 4 heteroatoms. The van der Waals surface area contributed by atoms with Gasteiger partial charge in [0, 0.05) is 6.04 Å². The summed E-state index contributed by atoms with van der Waals surface area (Å²) in [5, 5.41) is 3.35. The summed E-state index contributed by atoms with van der Waals surface area (Å²) in [5.41, 5.74) is 1.51. The molecule has 1 aromatic heterocycles. The second-order valence-corrected chi connectivity index (χ2v) is 4.65. The number of imidazole rings is 1. The number of hydrogen-bond donors (Lipinski definition) is 2. The molecular weight excluding hydrogens is 217 g/mol. The van der Waals surface area contributed by atoms with Crippen molar-refractivity contribution in [3.05, 3.63) is 24.0 Å². The molecule has 1 aromatic carbocycles. The number of aromatic nitrogens is 2. The maximum atomic E-state index is 13.0. The molecule has 2 aromatic rings. The average Bonchev–Trinajstić information content (AvgIpc) is 2.66. The van der Waals surface area contributed by atoms with Gasteiger partial charge in [0.2, 0.25) is 5.95 Å². The zero-order chi connectivity index (χ0) is 12.4. The van der Waals surface area contributed by atoms with Gasteiger partial charge in [-0.25, -0.2) is 9.37 Å². The predicted molar refractivity (Wildman–Crippen MR) is 68.6 cm³/mol. The van der Waals surface area contributed by atoms with E-state index in [9.17, 15) is 4.39 Å². The minimum atomic E-state index is -0.247. The Balaban J connectivity index is 2.24. The second kappa shape index (κ2) is 4.73. The molecule has 1 atom stereocenters. The van der Waals surface area contributed by atoms with Crippen molar-refractivity contribution in [1.29, 1.82) is 0 Å². The first-order valence-electron chi connectivity index (χ1n) is 6.02. The zero-order valence-electron chi connectivity index (χ0n) is 10.4. The molecule has 1 unspecified atom stereocenters. The summed E-state index contributed by atoms with van der Waals surface area (Å²) >= 11 is 0. The Morgan fingerprint density at radius 2 is 2.18 bits per heavy atom. The Bertz CT molecular complexity index is 504. The van der Waals surface area contributed by atoms with Crippen LogP contribution < -0.4 is 5.32 Å². The highest BCUT2D eigenvalue weighted by molar-refractivity contribution is 5.77. The van der Waals surface area contributed by atoms with Crippen LogP contribution in [0.3, 0.4) is 0 Å². The number of anilines is 1. The van der Waals surface area contributed by atoms with E-state index in [1.54, 1.807) is 6.07 Å². The third-order valence-corrected chi connectivity index (χ3v) is 3.01. The standard InChI is InChI=1S/C13H18FN3/c1-4-10(8(2)3)15-13-16-11-6-5-9(14)7-12(11)17-13/h5-8,10H,4H2,1-3H3,(H2,15,16,17). The highest BCUT2D eigenvalue weighted by Gasteiger charge is 2.12. The van der Waals surface area contributed by atoms with Gasteiger partial charge < -0.3 is 10.3 Å². The molecule has 0 amide bonds. The number of nitrogens with zero attached hydrogens (tertiary/aromatic N) is 1. The molecular formula is C13H18FN3. The van der Waals surface area contributed by atoms with Gasteiger partial charge in [0.15, 0.2) is 0 Å². The molecule has 2 N–H and O–H groups in total. The average molecular weight is 235 g/mol. The molecule has 92 valence electrons. The van der Waals surface area contributed by atoms with Crippen LogP contribution >= 0.6 is 0 Å². The van der Waals surface area contributed by atoms with Crippen LogP contribution in [0, 0.1) is 11.7 Å². The Labute approximate surface area is 100 Å². The summed E-state index contributed by atoms with van der Waals surface area (Å²) in [6.45, 7) is 6.48. The summed E-state index contributed by atoms with van der Waals surface area (Å²) in [7, 11) is 0. The number of hydrogen-bond acceptors (Lipinski definition) is 2. The monoisotopic (exact) mass is 235 g/mol. The number of nitrogens with one attached hydrogen (secondary N) is 2. The summed E-state index contributed by atoms with van der Waals surface area (Å²) < 4.78 is 13.0. The third-order valence-electron chi connectivity index (χ3n) is 3.01. The molecule has 0 bridgehead atoms. The van der Waals surface area contributed by atoms with Gasteiger partial charge >= 0.3 is 0 Å². The minimum Gasteiger partial charge on any atom is -0.353 e. The molecule has 1 heterocycles. The lowest BCUT2D eigenvalue weighted by atomic mass is 10.0. The summed E-state index contributed by atoms with van der Waals surface area (Å²) in [5.74, 6) is 1.000. The molecule has 2 rings (SSSR count). The van der Waals surface area contributed by atoms with E-state index < -0.39 is 0 Å². The second-order valence-electron chi connectivity index (χ2n) is 4.65.